The molecule has 0 aliphatic heterocycles. The van der Waals surface area contributed by atoms with E-state index in [1.54, 1.807) is 10.6 Å². The molecule has 2 aromatic carbocycles. The molecule has 0 aromatic heterocycles. The molecule has 0 bridgehead atoms. The lowest BCUT2D eigenvalue weighted by molar-refractivity contribution is 0.782. The maximum atomic E-state index is 2.36. The Morgan fingerprint density at radius 3 is 1.83 bits per heavy atom. The summed E-state index contributed by atoms with van der Waals surface area (Å²) in [5.41, 5.74) is 0.805. The van der Waals surface area contributed by atoms with E-state index in [4.69, 9.17) is 0 Å². The molecule has 0 amide bonds. The van der Waals surface area contributed by atoms with E-state index in [0.717, 1.165) is 10.9 Å². The molecule has 23 heavy (non-hydrogen) atoms. The number of benzene rings is 2. The van der Waals surface area contributed by atoms with E-state index < -0.39 is 0 Å². The molecule has 0 N–H and O–H groups in total. The number of hydrogen-bond acceptors (Lipinski definition) is 1. The molecule has 1 aliphatic rings. The number of hydrogen-bond donors (Lipinski definition) is 0. The van der Waals surface area contributed by atoms with Crippen molar-refractivity contribution < 1.29 is 0 Å². The van der Waals surface area contributed by atoms with E-state index in [0.29, 0.717) is 4.75 Å². The zero-order valence-corrected chi connectivity index (χ0v) is 16.1. The van der Waals surface area contributed by atoms with Crippen LogP contribution in [0.25, 0.3) is 0 Å². The van der Waals surface area contributed by atoms with E-state index in [-0.39, 0.29) is 7.92 Å². The van der Waals surface area contributed by atoms with Crippen LogP contribution in [0.5, 0.6) is 0 Å². The molecule has 0 nitrogen and oxygen atoms in total. The van der Waals surface area contributed by atoms with Crippen LogP contribution in [0, 0.1) is 0 Å². The van der Waals surface area contributed by atoms with Gasteiger partial charge in [-0.1, -0.05) is 87.9 Å². The highest BCUT2D eigenvalue weighted by atomic mass is 32.2. The molecular weight excluding hydrogens is 315 g/mol. The summed E-state index contributed by atoms with van der Waals surface area (Å²) < 4.78 is 0.349. The largest absolute Gasteiger partial charge is 0.152 e. The number of rotatable bonds is 4. The summed E-state index contributed by atoms with van der Waals surface area (Å²) >= 11 is 2.21. The second-order valence-electron chi connectivity index (χ2n) is 7.31. The van der Waals surface area contributed by atoms with E-state index in [1.807, 2.05) is 0 Å². The smallest absolute Gasteiger partial charge is 0.0126 e. The molecule has 1 aliphatic carbocycles. The third-order valence-electron chi connectivity index (χ3n) is 4.32. The van der Waals surface area contributed by atoms with Crippen LogP contribution in [0.15, 0.2) is 60.7 Å². The minimum absolute atomic E-state index is 0.265. The number of thioether (sulfide) groups is 1. The van der Waals surface area contributed by atoms with Crippen LogP contribution in [-0.4, -0.2) is 15.7 Å². The average Bonchev–Trinajstić information content (AvgIpc) is 2.96. The zero-order chi connectivity index (χ0) is 16.3. The van der Waals surface area contributed by atoms with Crippen molar-refractivity contribution in [2.75, 3.05) is 0 Å². The Bertz CT molecular complexity index is 563. The van der Waals surface area contributed by atoms with E-state index in [1.165, 1.54) is 19.3 Å². The molecule has 1 fully saturated rings. The summed E-state index contributed by atoms with van der Waals surface area (Å²) in [6.07, 6.45) is 4.14. The van der Waals surface area contributed by atoms with Gasteiger partial charge in [0.15, 0.2) is 0 Å². The second-order valence-corrected chi connectivity index (χ2v) is 11.8. The van der Waals surface area contributed by atoms with E-state index in [9.17, 15) is 0 Å². The van der Waals surface area contributed by atoms with Gasteiger partial charge in [-0.15, -0.1) is 0 Å². The molecule has 122 valence electrons. The molecule has 0 heterocycles. The maximum absolute atomic E-state index is 2.36. The highest BCUT2D eigenvalue weighted by Gasteiger charge is 2.37. The van der Waals surface area contributed by atoms with Gasteiger partial charge >= 0.3 is 0 Å². The van der Waals surface area contributed by atoms with Crippen LogP contribution in [0.2, 0.25) is 0 Å². The SMILES string of the molecule is CC(C)(C)SC1CCCC1P(c1ccccc1)c1ccccc1. The molecule has 0 radical (unpaired) electrons. The Labute approximate surface area is 146 Å². The minimum Gasteiger partial charge on any atom is -0.152 e. The quantitative estimate of drug-likeness (QED) is 0.654. The van der Waals surface area contributed by atoms with Crippen molar-refractivity contribution in [2.24, 2.45) is 0 Å². The normalized spacial score (nSPS) is 21.7. The fourth-order valence-electron chi connectivity index (χ4n) is 3.50. The summed E-state index contributed by atoms with van der Waals surface area (Å²) in [6.45, 7) is 7.08. The average molecular weight is 342 g/mol. The predicted octanol–water partition coefficient (Wildman–Crippen LogP) is 5.57. The molecular formula is C21H27PS. The summed E-state index contributed by atoms with van der Waals surface area (Å²) in [6, 6.07) is 22.5. The Kier molecular flexibility index (Phi) is 5.49. The molecule has 3 rings (SSSR count). The summed E-state index contributed by atoms with van der Waals surface area (Å²) in [4.78, 5) is 0. The molecule has 2 unspecified atom stereocenters. The van der Waals surface area contributed by atoms with Gasteiger partial charge < -0.3 is 0 Å². The first-order valence-electron chi connectivity index (χ1n) is 8.62. The van der Waals surface area contributed by atoms with Crippen LogP contribution >= 0.6 is 19.7 Å². The lowest BCUT2D eigenvalue weighted by atomic mass is 10.3. The lowest BCUT2D eigenvalue weighted by Gasteiger charge is -2.33. The van der Waals surface area contributed by atoms with Crippen LogP contribution in [0.1, 0.15) is 40.0 Å². The van der Waals surface area contributed by atoms with E-state index >= 15 is 0 Å². The fourth-order valence-corrected chi connectivity index (χ4v) is 8.51. The monoisotopic (exact) mass is 342 g/mol. The van der Waals surface area contributed by atoms with Crippen molar-refractivity contribution in [1.29, 1.82) is 0 Å². The lowest BCUT2D eigenvalue weighted by Crippen LogP contribution is -2.28. The van der Waals surface area contributed by atoms with Gasteiger partial charge in [-0.2, -0.15) is 11.8 Å². The zero-order valence-electron chi connectivity index (χ0n) is 14.4. The van der Waals surface area contributed by atoms with Gasteiger partial charge in [0.05, 0.1) is 0 Å². The second kappa shape index (κ2) is 7.41. The predicted molar refractivity (Wildman–Crippen MR) is 108 cm³/mol. The van der Waals surface area contributed by atoms with Crippen molar-refractivity contribution in [2.45, 2.75) is 55.7 Å². The first-order valence-corrected chi connectivity index (χ1v) is 10.9. The van der Waals surface area contributed by atoms with Gasteiger partial charge in [0, 0.05) is 10.00 Å². The van der Waals surface area contributed by atoms with Gasteiger partial charge in [0.25, 0.3) is 0 Å². The van der Waals surface area contributed by atoms with Gasteiger partial charge in [-0.05, 0) is 37.0 Å². The van der Waals surface area contributed by atoms with Gasteiger partial charge in [-0.25, -0.2) is 0 Å². The topological polar surface area (TPSA) is 0 Å². The molecule has 2 heteroatoms. The molecule has 2 aromatic rings. The van der Waals surface area contributed by atoms with Crippen molar-refractivity contribution in [1.82, 2.24) is 0 Å². The fraction of sp³-hybridized carbons (Fsp3) is 0.429. The standard InChI is InChI=1S/C21H27PS/c1-21(2,3)23-20-16-10-15-19(20)22(17-11-6-4-7-12-17)18-13-8-5-9-14-18/h4-9,11-14,19-20H,10,15-16H2,1-3H3. The first kappa shape index (κ1) is 17.1. The Morgan fingerprint density at radius 1 is 0.826 bits per heavy atom. The van der Waals surface area contributed by atoms with Crippen LogP contribution in [0.3, 0.4) is 0 Å². The molecule has 0 saturated heterocycles. The van der Waals surface area contributed by atoms with Gasteiger partial charge in [0.2, 0.25) is 0 Å². The van der Waals surface area contributed by atoms with Crippen LogP contribution in [-0.2, 0) is 0 Å². The molecule has 1 saturated carbocycles. The third kappa shape index (κ3) is 4.40. The summed E-state index contributed by atoms with van der Waals surface area (Å²) in [5.74, 6) is 0. The Balaban J connectivity index is 1.95. The van der Waals surface area contributed by atoms with Crippen LogP contribution in [0.4, 0.5) is 0 Å². The maximum Gasteiger partial charge on any atom is 0.0126 e. The summed E-state index contributed by atoms with van der Waals surface area (Å²) in [5, 5.41) is 3.88. The van der Waals surface area contributed by atoms with Crippen molar-refractivity contribution in [3.8, 4) is 0 Å². The van der Waals surface area contributed by atoms with Crippen LogP contribution < -0.4 is 10.6 Å². The highest BCUT2D eigenvalue weighted by molar-refractivity contribution is 8.01. The Morgan fingerprint density at radius 2 is 1.35 bits per heavy atom. The van der Waals surface area contributed by atoms with Gasteiger partial charge in [0.1, 0.15) is 0 Å². The van der Waals surface area contributed by atoms with Crippen molar-refractivity contribution >= 4 is 30.3 Å². The van der Waals surface area contributed by atoms with Gasteiger partial charge in [-0.3, -0.25) is 0 Å². The molecule has 2 atom stereocenters. The summed E-state index contributed by atoms with van der Waals surface area (Å²) in [7, 11) is -0.265. The Hall–Kier alpha value is -0.780. The molecule has 0 spiro atoms. The first-order chi connectivity index (χ1) is 11.0. The van der Waals surface area contributed by atoms with Crippen molar-refractivity contribution in [3.05, 3.63) is 60.7 Å². The highest BCUT2D eigenvalue weighted by Crippen LogP contribution is 2.52. The third-order valence-corrected chi connectivity index (χ3v) is 9.09. The minimum atomic E-state index is -0.265. The van der Waals surface area contributed by atoms with Crippen molar-refractivity contribution in [3.63, 3.8) is 0 Å². The van der Waals surface area contributed by atoms with E-state index in [2.05, 4.69) is 93.2 Å².